The molecule has 0 bridgehead atoms. The quantitative estimate of drug-likeness (QED) is 0.774. The van der Waals surface area contributed by atoms with E-state index in [0.717, 1.165) is 24.3 Å². The Kier molecular flexibility index (Phi) is 2.86. The number of aromatic nitrogens is 2. The summed E-state index contributed by atoms with van der Waals surface area (Å²) >= 11 is 6.03. The second-order valence-electron chi connectivity index (χ2n) is 5.09. The van der Waals surface area contributed by atoms with Gasteiger partial charge in [0, 0.05) is 30.9 Å². The number of halogens is 1. The third kappa shape index (κ3) is 1.83. The smallest absolute Gasteiger partial charge is 0.137 e. The van der Waals surface area contributed by atoms with Crippen molar-refractivity contribution in [3.63, 3.8) is 0 Å². The molecule has 0 saturated carbocycles. The first-order chi connectivity index (χ1) is 8.66. The van der Waals surface area contributed by atoms with Gasteiger partial charge in [0.2, 0.25) is 0 Å². The maximum Gasteiger partial charge on any atom is 0.137 e. The molecule has 3 rings (SSSR count). The number of rotatable bonds is 2. The first-order valence-electron chi connectivity index (χ1n) is 6.36. The van der Waals surface area contributed by atoms with Gasteiger partial charge in [-0.15, -0.1) is 0 Å². The summed E-state index contributed by atoms with van der Waals surface area (Å²) < 4.78 is 0. The van der Waals surface area contributed by atoms with Gasteiger partial charge >= 0.3 is 0 Å². The summed E-state index contributed by atoms with van der Waals surface area (Å²) in [5.74, 6) is 1.48. The normalized spacial score (nSPS) is 15.2. The molecule has 0 amide bonds. The monoisotopic (exact) mass is 261 g/mol. The SMILES string of the molecule is CC(C)c1cnc(N2CCC2)c2cnc(Cl)cc12. The summed E-state index contributed by atoms with van der Waals surface area (Å²) in [7, 11) is 0. The lowest BCUT2D eigenvalue weighted by Gasteiger charge is -2.33. The average Bonchev–Trinajstić information content (AvgIpc) is 2.26. The summed E-state index contributed by atoms with van der Waals surface area (Å²) in [6.07, 6.45) is 5.08. The molecule has 3 nitrogen and oxygen atoms in total. The van der Waals surface area contributed by atoms with Gasteiger partial charge in [0.1, 0.15) is 11.0 Å². The third-order valence-corrected chi connectivity index (χ3v) is 3.73. The molecule has 94 valence electrons. The van der Waals surface area contributed by atoms with Gasteiger partial charge in [-0.3, -0.25) is 0 Å². The zero-order valence-electron chi connectivity index (χ0n) is 10.7. The largest absolute Gasteiger partial charge is 0.356 e. The number of fused-ring (bicyclic) bond motifs is 1. The van der Waals surface area contributed by atoms with E-state index in [1.54, 1.807) is 0 Å². The van der Waals surface area contributed by atoms with Crippen molar-refractivity contribution in [3.8, 4) is 0 Å². The van der Waals surface area contributed by atoms with Crippen LogP contribution in [-0.2, 0) is 0 Å². The van der Waals surface area contributed by atoms with Crippen LogP contribution >= 0.6 is 11.6 Å². The summed E-state index contributed by atoms with van der Waals surface area (Å²) in [5, 5.41) is 2.84. The van der Waals surface area contributed by atoms with Crippen LogP contribution in [0.15, 0.2) is 18.5 Å². The minimum absolute atomic E-state index is 0.434. The lowest BCUT2D eigenvalue weighted by atomic mass is 9.99. The van der Waals surface area contributed by atoms with Gasteiger partial charge in [0.15, 0.2) is 0 Å². The van der Waals surface area contributed by atoms with Crippen molar-refractivity contribution >= 4 is 28.2 Å². The van der Waals surface area contributed by atoms with Crippen LogP contribution in [0.2, 0.25) is 5.15 Å². The number of hydrogen-bond donors (Lipinski definition) is 0. The lowest BCUT2D eigenvalue weighted by molar-refractivity contribution is 0.612. The van der Waals surface area contributed by atoms with E-state index < -0.39 is 0 Å². The summed E-state index contributed by atoms with van der Waals surface area (Å²) in [6.45, 7) is 6.53. The van der Waals surface area contributed by atoms with Crippen molar-refractivity contribution in [2.75, 3.05) is 18.0 Å². The highest BCUT2D eigenvalue weighted by Gasteiger charge is 2.20. The van der Waals surface area contributed by atoms with Gasteiger partial charge in [0.25, 0.3) is 0 Å². The Bertz CT molecular complexity index is 591. The van der Waals surface area contributed by atoms with E-state index in [0.29, 0.717) is 11.1 Å². The Hall–Kier alpha value is -1.35. The van der Waals surface area contributed by atoms with E-state index in [1.165, 1.54) is 17.4 Å². The molecule has 0 aliphatic carbocycles. The third-order valence-electron chi connectivity index (χ3n) is 3.53. The molecule has 1 aliphatic heterocycles. The minimum atomic E-state index is 0.434. The standard InChI is InChI=1S/C14H16ClN3/c1-9(2)11-7-17-14(18-4-3-5-18)12-8-16-13(15)6-10(11)12/h6-9H,3-5H2,1-2H3. The number of pyridine rings is 2. The summed E-state index contributed by atoms with van der Waals surface area (Å²) in [6, 6.07) is 1.96. The molecular formula is C14H16ClN3. The molecule has 2 aromatic heterocycles. The average molecular weight is 262 g/mol. The van der Waals surface area contributed by atoms with Gasteiger partial charge in [-0.25, -0.2) is 9.97 Å². The molecule has 4 heteroatoms. The van der Waals surface area contributed by atoms with Crippen molar-refractivity contribution in [1.82, 2.24) is 9.97 Å². The molecule has 0 atom stereocenters. The Morgan fingerprint density at radius 3 is 2.56 bits per heavy atom. The van der Waals surface area contributed by atoms with Gasteiger partial charge in [-0.2, -0.15) is 0 Å². The van der Waals surface area contributed by atoms with Crippen molar-refractivity contribution < 1.29 is 0 Å². The molecular weight excluding hydrogens is 246 g/mol. The van der Waals surface area contributed by atoms with Crippen LogP contribution in [0.3, 0.4) is 0 Å². The van der Waals surface area contributed by atoms with E-state index in [1.807, 2.05) is 18.5 Å². The fraction of sp³-hybridized carbons (Fsp3) is 0.429. The van der Waals surface area contributed by atoms with Gasteiger partial charge in [-0.05, 0) is 29.4 Å². The highest BCUT2D eigenvalue weighted by molar-refractivity contribution is 6.30. The van der Waals surface area contributed by atoms with E-state index in [9.17, 15) is 0 Å². The molecule has 18 heavy (non-hydrogen) atoms. The zero-order chi connectivity index (χ0) is 12.7. The molecule has 1 saturated heterocycles. The fourth-order valence-electron chi connectivity index (χ4n) is 2.36. The fourth-order valence-corrected chi connectivity index (χ4v) is 2.51. The lowest BCUT2D eigenvalue weighted by Crippen LogP contribution is -2.37. The van der Waals surface area contributed by atoms with Crippen LogP contribution < -0.4 is 4.90 Å². The van der Waals surface area contributed by atoms with Crippen molar-refractivity contribution in [1.29, 1.82) is 0 Å². The Morgan fingerprint density at radius 1 is 1.17 bits per heavy atom. The molecule has 3 heterocycles. The van der Waals surface area contributed by atoms with Crippen LogP contribution in [0.25, 0.3) is 10.8 Å². The summed E-state index contributed by atoms with van der Waals surface area (Å²) in [4.78, 5) is 11.1. The predicted molar refractivity (Wildman–Crippen MR) is 75.5 cm³/mol. The van der Waals surface area contributed by atoms with Gasteiger partial charge in [0.05, 0.1) is 0 Å². The van der Waals surface area contributed by atoms with Crippen LogP contribution in [0.4, 0.5) is 5.82 Å². The van der Waals surface area contributed by atoms with Crippen LogP contribution in [0.5, 0.6) is 0 Å². The Labute approximate surface area is 112 Å². The second-order valence-corrected chi connectivity index (χ2v) is 5.47. The predicted octanol–water partition coefficient (Wildman–Crippen LogP) is 3.62. The second kappa shape index (κ2) is 4.39. The van der Waals surface area contributed by atoms with Gasteiger partial charge in [-0.1, -0.05) is 25.4 Å². The molecule has 0 aromatic carbocycles. The molecule has 1 fully saturated rings. The molecule has 0 radical (unpaired) electrons. The molecule has 1 aliphatic rings. The van der Waals surface area contributed by atoms with Gasteiger partial charge < -0.3 is 4.90 Å². The topological polar surface area (TPSA) is 29.0 Å². The Balaban J connectivity index is 2.25. The highest BCUT2D eigenvalue weighted by atomic mass is 35.5. The van der Waals surface area contributed by atoms with Crippen LogP contribution in [-0.4, -0.2) is 23.1 Å². The van der Waals surface area contributed by atoms with Crippen LogP contribution in [0.1, 0.15) is 31.7 Å². The van der Waals surface area contributed by atoms with E-state index >= 15 is 0 Å². The van der Waals surface area contributed by atoms with E-state index in [4.69, 9.17) is 11.6 Å². The van der Waals surface area contributed by atoms with Crippen LogP contribution in [0, 0.1) is 0 Å². The maximum absolute atomic E-state index is 6.03. The molecule has 0 spiro atoms. The van der Waals surface area contributed by atoms with E-state index in [-0.39, 0.29) is 0 Å². The number of anilines is 1. The van der Waals surface area contributed by atoms with Crippen molar-refractivity contribution in [2.45, 2.75) is 26.2 Å². The minimum Gasteiger partial charge on any atom is -0.356 e. The molecule has 2 aromatic rings. The zero-order valence-corrected chi connectivity index (χ0v) is 11.4. The van der Waals surface area contributed by atoms with Crippen molar-refractivity contribution in [2.24, 2.45) is 0 Å². The number of nitrogens with zero attached hydrogens (tertiary/aromatic N) is 3. The van der Waals surface area contributed by atoms with E-state index in [2.05, 4.69) is 28.7 Å². The first kappa shape index (κ1) is 11.7. The summed E-state index contributed by atoms with van der Waals surface area (Å²) in [5.41, 5.74) is 1.23. The maximum atomic E-state index is 6.03. The Morgan fingerprint density at radius 2 is 1.94 bits per heavy atom. The number of hydrogen-bond acceptors (Lipinski definition) is 3. The van der Waals surface area contributed by atoms with Crippen molar-refractivity contribution in [3.05, 3.63) is 29.2 Å². The highest BCUT2D eigenvalue weighted by Crippen LogP contribution is 2.33. The first-order valence-corrected chi connectivity index (χ1v) is 6.73. The molecule has 0 unspecified atom stereocenters. The molecule has 0 N–H and O–H groups in total.